The minimum absolute atomic E-state index is 0.476. The van der Waals surface area contributed by atoms with Gasteiger partial charge in [-0.25, -0.2) is 0 Å². The molecule has 1 aromatic carbocycles. The van der Waals surface area contributed by atoms with Crippen LogP contribution in [0, 0.1) is 4.77 Å². The first kappa shape index (κ1) is 13.4. The average molecular weight is 281 g/mol. The summed E-state index contributed by atoms with van der Waals surface area (Å²) in [5, 5.41) is 3.05. The van der Waals surface area contributed by atoms with Crippen LogP contribution in [0.5, 0.6) is 17.2 Å². The van der Waals surface area contributed by atoms with Crippen molar-refractivity contribution in [2.75, 3.05) is 21.3 Å². The summed E-state index contributed by atoms with van der Waals surface area (Å²) < 4.78 is 18.0. The molecule has 2 rings (SSSR count). The minimum atomic E-state index is 0.476. The number of methoxy groups -OCH3 is 3. The van der Waals surface area contributed by atoms with Crippen molar-refractivity contribution in [1.29, 1.82) is 0 Å². The van der Waals surface area contributed by atoms with Crippen LogP contribution in [0.25, 0.3) is 11.4 Å². The molecule has 0 aliphatic carbocycles. The maximum absolute atomic E-state index is 5.30. The predicted molar refractivity (Wildman–Crippen MR) is 73.5 cm³/mol. The fourth-order valence-electron chi connectivity index (χ4n) is 1.75. The first-order chi connectivity index (χ1) is 9.10. The smallest absolute Gasteiger partial charge is 0.216 e. The van der Waals surface area contributed by atoms with E-state index >= 15 is 0 Å². The molecule has 0 spiro atoms. The summed E-state index contributed by atoms with van der Waals surface area (Å²) in [6.07, 6.45) is 0. The lowest BCUT2D eigenvalue weighted by molar-refractivity contribution is 0.324. The van der Waals surface area contributed by atoms with Crippen LogP contribution < -0.4 is 14.2 Å². The van der Waals surface area contributed by atoms with Crippen LogP contribution in [0.1, 0.15) is 0 Å². The molecule has 6 nitrogen and oxygen atoms in total. The largest absolute Gasteiger partial charge is 0.493 e. The fourth-order valence-corrected chi connectivity index (χ4v) is 1.89. The van der Waals surface area contributed by atoms with Crippen LogP contribution in [0.3, 0.4) is 0 Å². The van der Waals surface area contributed by atoms with Crippen LogP contribution in [-0.4, -0.2) is 36.1 Å². The molecule has 0 unspecified atom stereocenters. The first-order valence-electron chi connectivity index (χ1n) is 5.54. The Kier molecular flexibility index (Phi) is 3.75. The summed E-state index contributed by atoms with van der Waals surface area (Å²) in [4.78, 5) is 4.26. The monoisotopic (exact) mass is 281 g/mol. The third-order valence-corrected chi connectivity index (χ3v) is 3.07. The molecule has 0 atom stereocenters. The SMILES string of the molecule is COc1cc(-c2nc(=S)n(C)[nH]2)cc(OC)c1OC. The summed E-state index contributed by atoms with van der Waals surface area (Å²) >= 11 is 5.08. The number of ether oxygens (including phenoxy) is 3. The topological polar surface area (TPSA) is 61.3 Å². The molecule has 19 heavy (non-hydrogen) atoms. The van der Waals surface area contributed by atoms with Crippen molar-refractivity contribution in [2.24, 2.45) is 7.05 Å². The molecular weight excluding hydrogens is 266 g/mol. The number of aryl methyl sites for hydroxylation is 1. The van der Waals surface area contributed by atoms with Gasteiger partial charge in [-0.3, -0.25) is 9.78 Å². The van der Waals surface area contributed by atoms with E-state index in [1.807, 2.05) is 12.1 Å². The third kappa shape index (κ3) is 2.41. The molecule has 0 aliphatic rings. The summed E-state index contributed by atoms with van der Waals surface area (Å²) in [6.45, 7) is 0. The second kappa shape index (κ2) is 5.31. The van der Waals surface area contributed by atoms with Gasteiger partial charge >= 0.3 is 0 Å². The van der Waals surface area contributed by atoms with Crippen molar-refractivity contribution in [3.05, 3.63) is 16.9 Å². The van der Waals surface area contributed by atoms with E-state index in [1.54, 1.807) is 33.1 Å². The normalized spacial score (nSPS) is 10.3. The van der Waals surface area contributed by atoms with Gasteiger partial charge in [0.2, 0.25) is 10.5 Å². The Hall–Kier alpha value is -2.02. The number of nitrogens with one attached hydrogen (secondary N) is 1. The number of rotatable bonds is 4. The van der Waals surface area contributed by atoms with Gasteiger partial charge in [-0.05, 0) is 24.4 Å². The van der Waals surface area contributed by atoms with E-state index in [-0.39, 0.29) is 0 Å². The van der Waals surface area contributed by atoms with Gasteiger partial charge in [-0.1, -0.05) is 0 Å². The molecule has 0 amide bonds. The second-order valence-corrected chi connectivity index (χ2v) is 4.19. The molecule has 2 aromatic rings. The van der Waals surface area contributed by atoms with E-state index in [0.717, 1.165) is 5.56 Å². The van der Waals surface area contributed by atoms with Gasteiger partial charge in [0.25, 0.3) is 0 Å². The molecule has 0 aliphatic heterocycles. The van der Waals surface area contributed by atoms with Crippen molar-refractivity contribution in [2.45, 2.75) is 0 Å². The number of nitrogens with zero attached hydrogens (tertiary/aromatic N) is 2. The Labute approximate surface area is 115 Å². The fraction of sp³-hybridized carbons (Fsp3) is 0.333. The molecule has 1 N–H and O–H groups in total. The maximum atomic E-state index is 5.30. The number of hydrogen-bond donors (Lipinski definition) is 1. The second-order valence-electron chi connectivity index (χ2n) is 3.83. The van der Waals surface area contributed by atoms with Crippen LogP contribution in [-0.2, 0) is 7.05 Å². The summed E-state index contributed by atoms with van der Waals surface area (Å²) in [5.74, 6) is 2.33. The van der Waals surface area contributed by atoms with Gasteiger partial charge < -0.3 is 14.2 Å². The highest BCUT2D eigenvalue weighted by Crippen LogP contribution is 2.40. The highest BCUT2D eigenvalue weighted by molar-refractivity contribution is 7.71. The zero-order chi connectivity index (χ0) is 14.0. The van der Waals surface area contributed by atoms with Crippen LogP contribution in [0.4, 0.5) is 0 Å². The van der Waals surface area contributed by atoms with Crippen molar-refractivity contribution in [3.63, 3.8) is 0 Å². The van der Waals surface area contributed by atoms with Crippen molar-refractivity contribution < 1.29 is 14.2 Å². The highest BCUT2D eigenvalue weighted by atomic mass is 32.1. The number of aromatic amines is 1. The van der Waals surface area contributed by atoms with Gasteiger partial charge in [0.05, 0.1) is 21.3 Å². The zero-order valence-electron chi connectivity index (χ0n) is 11.2. The van der Waals surface area contributed by atoms with E-state index in [0.29, 0.717) is 27.8 Å². The van der Waals surface area contributed by atoms with Gasteiger partial charge in [0, 0.05) is 12.6 Å². The Morgan fingerprint density at radius 3 is 2.05 bits per heavy atom. The minimum Gasteiger partial charge on any atom is -0.493 e. The van der Waals surface area contributed by atoms with E-state index < -0.39 is 0 Å². The number of H-pyrrole nitrogens is 1. The molecule has 1 aromatic heterocycles. The van der Waals surface area contributed by atoms with Gasteiger partial charge in [-0.2, -0.15) is 4.98 Å². The molecule has 0 saturated carbocycles. The zero-order valence-corrected chi connectivity index (χ0v) is 12.0. The van der Waals surface area contributed by atoms with Gasteiger partial charge in [0.15, 0.2) is 17.3 Å². The predicted octanol–water partition coefficient (Wildman–Crippen LogP) is 2.17. The average Bonchev–Trinajstić information content (AvgIpc) is 2.76. The number of aromatic nitrogens is 3. The molecule has 102 valence electrons. The highest BCUT2D eigenvalue weighted by Gasteiger charge is 2.15. The molecule has 7 heteroatoms. The Bertz CT molecular complexity index is 623. The lowest BCUT2D eigenvalue weighted by Crippen LogP contribution is -1.96. The molecule has 0 fully saturated rings. The molecule has 0 radical (unpaired) electrons. The van der Waals surface area contributed by atoms with E-state index in [4.69, 9.17) is 26.4 Å². The Morgan fingerprint density at radius 1 is 1.11 bits per heavy atom. The third-order valence-electron chi connectivity index (χ3n) is 2.71. The van der Waals surface area contributed by atoms with Gasteiger partial charge in [0.1, 0.15) is 0 Å². The molecule has 1 heterocycles. The Morgan fingerprint density at radius 2 is 1.68 bits per heavy atom. The van der Waals surface area contributed by atoms with Crippen LogP contribution in [0.2, 0.25) is 0 Å². The summed E-state index contributed by atoms with van der Waals surface area (Å²) in [6, 6.07) is 3.63. The van der Waals surface area contributed by atoms with E-state index in [9.17, 15) is 0 Å². The number of hydrogen-bond acceptors (Lipinski definition) is 5. The van der Waals surface area contributed by atoms with Crippen molar-refractivity contribution in [1.82, 2.24) is 14.8 Å². The van der Waals surface area contributed by atoms with Crippen molar-refractivity contribution >= 4 is 12.2 Å². The Balaban J connectivity index is 2.61. The number of benzene rings is 1. The van der Waals surface area contributed by atoms with Crippen LogP contribution >= 0.6 is 12.2 Å². The summed E-state index contributed by atoms with van der Waals surface area (Å²) in [7, 11) is 6.51. The van der Waals surface area contributed by atoms with Gasteiger partial charge in [-0.15, -0.1) is 0 Å². The standard InChI is InChI=1S/C12H15N3O3S/c1-15-12(19)13-11(14-15)7-5-8(16-2)10(18-4)9(6-7)17-3/h5-6H,1-4H3,(H,13,14,19). The quantitative estimate of drug-likeness (QED) is 0.870. The van der Waals surface area contributed by atoms with Crippen molar-refractivity contribution in [3.8, 4) is 28.6 Å². The molecule has 0 saturated heterocycles. The maximum Gasteiger partial charge on any atom is 0.216 e. The summed E-state index contributed by atoms with van der Waals surface area (Å²) in [5.41, 5.74) is 0.807. The lowest BCUT2D eigenvalue weighted by atomic mass is 10.1. The van der Waals surface area contributed by atoms with Crippen LogP contribution in [0.15, 0.2) is 12.1 Å². The lowest BCUT2D eigenvalue weighted by Gasteiger charge is -2.13. The first-order valence-corrected chi connectivity index (χ1v) is 5.95. The molecular formula is C12H15N3O3S. The van der Waals surface area contributed by atoms with E-state index in [1.165, 1.54) is 0 Å². The van der Waals surface area contributed by atoms with E-state index in [2.05, 4.69) is 10.1 Å². The molecule has 0 bridgehead atoms.